The van der Waals surface area contributed by atoms with Crippen LogP contribution in [-0.4, -0.2) is 20.4 Å². The van der Waals surface area contributed by atoms with Crippen LogP contribution in [0.25, 0.3) is 33.3 Å². The third-order valence-corrected chi connectivity index (χ3v) is 3.00. The van der Waals surface area contributed by atoms with Crippen LogP contribution in [0.5, 0.6) is 0 Å². The molecule has 5 nitrogen and oxygen atoms in total. The second kappa shape index (κ2) is 3.40. The van der Waals surface area contributed by atoms with Crippen LogP contribution in [0.2, 0.25) is 0 Å². The third-order valence-electron chi connectivity index (χ3n) is 3.00. The van der Waals surface area contributed by atoms with Crippen LogP contribution in [-0.2, 0) is 0 Å². The van der Waals surface area contributed by atoms with Gasteiger partial charge in [0, 0.05) is 11.1 Å². The summed E-state index contributed by atoms with van der Waals surface area (Å²) in [7, 11) is 0. The number of nitrogens with one attached hydrogen (secondary N) is 1. The van der Waals surface area contributed by atoms with Crippen molar-refractivity contribution in [2.45, 2.75) is 0 Å². The van der Waals surface area contributed by atoms with Crippen molar-refractivity contribution in [3.63, 3.8) is 0 Å². The van der Waals surface area contributed by atoms with Crippen molar-refractivity contribution in [1.82, 2.24) is 20.4 Å². The minimum absolute atomic E-state index is 0.771. The number of aromatic nitrogens is 4. The Balaban J connectivity index is 2.13. The zero-order valence-corrected chi connectivity index (χ0v) is 9.29. The molecule has 2 heterocycles. The first-order valence-electron chi connectivity index (χ1n) is 5.56. The molecular formula is C13H8N4O. The molecule has 86 valence electrons. The van der Waals surface area contributed by atoms with Crippen molar-refractivity contribution in [2.75, 3.05) is 0 Å². The minimum atomic E-state index is 0.771. The molecule has 0 amide bonds. The highest BCUT2D eigenvalue weighted by atomic mass is 16.3. The molecule has 0 unspecified atom stereocenters. The SMILES string of the molecule is c1cc(-c2cccc3[nH]nnc23)c2ocnc2c1. The molecule has 0 bridgehead atoms. The van der Waals surface area contributed by atoms with Gasteiger partial charge >= 0.3 is 0 Å². The van der Waals surface area contributed by atoms with Gasteiger partial charge in [-0.25, -0.2) is 4.98 Å². The van der Waals surface area contributed by atoms with E-state index < -0.39 is 0 Å². The number of hydrogen-bond donors (Lipinski definition) is 1. The van der Waals surface area contributed by atoms with Crippen LogP contribution in [0, 0.1) is 0 Å². The molecule has 0 fully saturated rings. The van der Waals surface area contributed by atoms with E-state index in [4.69, 9.17) is 4.42 Å². The molecule has 0 aliphatic rings. The summed E-state index contributed by atoms with van der Waals surface area (Å²) in [5.74, 6) is 0. The van der Waals surface area contributed by atoms with Gasteiger partial charge in [0.15, 0.2) is 12.0 Å². The normalized spacial score (nSPS) is 11.3. The summed E-state index contributed by atoms with van der Waals surface area (Å²) < 4.78 is 5.46. The fraction of sp³-hybridized carbons (Fsp3) is 0. The van der Waals surface area contributed by atoms with Gasteiger partial charge in [0.25, 0.3) is 0 Å². The molecule has 1 N–H and O–H groups in total. The maximum Gasteiger partial charge on any atom is 0.182 e. The summed E-state index contributed by atoms with van der Waals surface area (Å²) in [6.07, 6.45) is 1.46. The van der Waals surface area contributed by atoms with Gasteiger partial charge in [-0.3, -0.25) is 5.10 Å². The summed E-state index contributed by atoms with van der Waals surface area (Å²) >= 11 is 0. The van der Waals surface area contributed by atoms with E-state index >= 15 is 0 Å². The number of benzene rings is 2. The lowest BCUT2D eigenvalue weighted by molar-refractivity contribution is 0.603. The van der Waals surface area contributed by atoms with Crippen LogP contribution >= 0.6 is 0 Å². The van der Waals surface area contributed by atoms with Crippen molar-refractivity contribution in [2.24, 2.45) is 0 Å². The second-order valence-electron chi connectivity index (χ2n) is 4.02. The molecule has 4 rings (SSSR count). The van der Waals surface area contributed by atoms with E-state index in [2.05, 4.69) is 20.4 Å². The molecule has 18 heavy (non-hydrogen) atoms. The van der Waals surface area contributed by atoms with Crippen LogP contribution in [0.4, 0.5) is 0 Å². The lowest BCUT2D eigenvalue weighted by Gasteiger charge is -2.02. The van der Waals surface area contributed by atoms with Crippen molar-refractivity contribution in [1.29, 1.82) is 0 Å². The lowest BCUT2D eigenvalue weighted by Crippen LogP contribution is -1.82. The van der Waals surface area contributed by atoms with E-state index in [1.807, 2.05) is 36.4 Å². The highest BCUT2D eigenvalue weighted by Gasteiger charge is 2.12. The van der Waals surface area contributed by atoms with Crippen molar-refractivity contribution in [3.8, 4) is 11.1 Å². The highest BCUT2D eigenvalue weighted by molar-refractivity contribution is 5.99. The van der Waals surface area contributed by atoms with Crippen LogP contribution in [0.1, 0.15) is 0 Å². The molecule has 0 radical (unpaired) electrons. The molecule has 0 atom stereocenters. The molecular weight excluding hydrogens is 228 g/mol. The summed E-state index contributed by atoms with van der Waals surface area (Å²) in [4.78, 5) is 4.16. The number of aromatic amines is 1. The number of oxazole rings is 1. The number of rotatable bonds is 1. The number of H-pyrrole nitrogens is 1. The second-order valence-corrected chi connectivity index (χ2v) is 4.02. The smallest absolute Gasteiger partial charge is 0.182 e. The summed E-state index contributed by atoms with van der Waals surface area (Å²) in [5.41, 5.74) is 5.32. The molecule has 0 saturated carbocycles. The van der Waals surface area contributed by atoms with Crippen molar-refractivity contribution < 1.29 is 4.42 Å². The number of para-hydroxylation sites is 1. The third kappa shape index (κ3) is 1.18. The molecule has 0 spiro atoms. The van der Waals surface area contributed by atoms with Gasteiger partial charge in [-0.15, -0.1) is 5.10 Å². The molecule has 0 aliphatic heterocycles. The van der Waals surface area contributed by atoms with E-state index in [1.54, 1.807) is 0 Å². The van der Waals surface area contributed by atoms with Gasteiger partial charge in [0.1, 0.15) is 11.0 Å². The number of fused-ring (bicyclic) bond motifs is 2. The van der Waals surface area contributed by atoms with E-state index in [1.165, 1.54) is 6.39 Å². The van der Waals surface area contributed by atoms with Gasteiger partial charge in [-0.2, -0.15) is 0 Å². The molecule has 2 aromatic carbocycles. The maximum absolute atomic E-state index is 5.46. The van der Waals surface area contributed by atoms with Crippen molar-refractivity contribution >= 4 is 22.1 Å². The zero-order valence-electron chi connectivity index (χ0n) is 9.29. The predicted molar refractivity (Wildman–Crippen MR) is 66.9 cm³/mol. The highest BCUT2D eigenvalue weighted by Crippen LogP contribution is 2.31. The molecule has 5 heteroatoms. The fourth-order valence-electron chi connectivity index (χ4n) is 2.19. The Bertz CT molecular complexity index is 774. The standard InChI is InChI=1S/C13H8N4O/c1-3-8(12-10(5-1)15-17-16-12)9-4-2-6-11-13(9)18-7-14-11/h1-7H,(H,15,16,17). The first kappa shape index (κ1) is 9.35. The van der Waals surface area contributed by atoms with E-state index in [-0.39, 0.29) is 0 Å². The van der Waals surface area contributed by atoms with Crippen molar-refractivity contribution in [3.05, 3.63) is 42.8 Å². The molecule has 0 saturated heterocycles. The van der Waals surface area contributed by atoms with E-state index in [9.17, 15) is 0 Å². The van der Waals surface area contributed by atoms with Crippen LogP contribution < -0.4 is 0 Å². The number of nitrogens with zero attached hydrogens (tertiary/aromatic N) is 3. The summed E-state index contributed by atoms with van der Waals surface area (Å²) in [5, 5.41) is 10.8. The van der Waals surface area contributed by atoms with Crippen LogP contribution in [0.3, 0.4) is 0 Å². The van der Waals surface area contributed by atoms with E-state index in [0.29, 0.717) is 0 Å². The zero-order chi connectivity index (χ0) is 11.9. The maximum atomic E-state index is 5.46. The Kier molecular flexibility index (Phi) is 1.77. The predicted octanol–water partition coefficient (Wildman–Crippen LogP) is 2.77. The fourth-order valence-corrected chi connectivity index (χ4v) is 2.19. The Morgan fingerprint density at radius 3 is 2.89 bits per heavy atom. The van der Waals surface area contributed by atoms with Gasteiger partial charge in [-0.1, -0.05) is 29.5 Å². The molecule has 4 aromatic rings. The largest absolute Gasteiger partial charge is 0.443 e. The summed E-state index contributed by atoms with van der Waals surface area (Å²) in [6.45, 7) is 0. The van der Waals surface area contributed by atoms with Gasteiger partial charge in [0.2, 0.25) is 0 Å². The number of hydrogen-bond acceptors (Lipinski definition) is 4. The van der Waals surface area contributed by atoms with Crippen LogP contribution in [0.15, 0.2) is 47.2 Å². The first-order chi connectivity index (χ1) is 8.93. The Morgan fingerprint density at radius 1 is 1.00 bits per heavy atom. The Morgan fingerprint density at radius 2 is 1.89 bits per heavy atom. The van der Waals surface area contributed by atoms with Gasteiger partial charge in [-0.05, 0) is 12.1 Å². The lowest BCUT2D eigenvalue weighted by atomic mass is 10.0. The Hall–Kier alpha value is -2.69. The molecule has 2 aromatic heterocycles. The summed E-state index contributed by atoms with van der Waals surface area (Å²) in [6, 6.07) is 11.8. The topological polar surface area (TPSA) is 67.6 Å². The van der Waals surface area contributed by atoms with E-state index in [0.717, 1.165) is 33.3 Å². The quantitative estimate of drug-likeness (QED) is 0.551. The monoisotopic (exact) mass is 236 g/mol. The van der Waals surface area contributed by atoms with Gasteiger partial charge in [0.05, 0.1) is 5.52 Å². The Labute approximate surface area is 101 Å². The first-order valence-corrected chi connectivity index (χ1v) is 5.56. The minimum Gasteiger partial charge on any atom is -0.443 e. The average molecular weight is 236 g/mol. The average Bonchev–Trinajstić information content (AvgIpc) is 3.06. The molecule has 0 aliphatic carbocycles. The van der Waals surface area contributed by atoms with Gasteiger partial charge < -0.3 is 4.42 Å².